The molecule has 5 heteroatoms. The molecular weight excluding hydrogens is 472 g/mol. The number of likely N-dealkylation sites (tertiary alicyclic amines) is 1. The minimum absolute atomic E-state index is 0.190. The Morgan fingerprint density at radius 1 is 1.03 bits per heavy atom. The zero-order chi connectivity index (χ0) is 26.6. The third-order valence-corrected chi connectivity index (χ3v) is 8.57. The number of benzene rings is 3. The lowest BCUT2D eigenvalue weighted by atomic mass is 9.92. The van der Waals surface area contributed by atoms with Crippen LogP contribution < -0.4 is 4.74 Å². The van der Waals surface area contributed by atoms with E-state index in [1.54, 1.807) is 7.11 Å². The molecule has 3 aromatic rings. The SMILES string of the molecule is COc1ccc2c(CC(O)CN3CCCCCC(CN4CCc5cc(C)c(C)cc5C4=O)C3)cccc2c1. The molecule has 3 aromatic carbocycles. The Balaban J connectivity index is 1.23. The Bertz CT molecular complexity index is 1290. The fraction of sp³-hybridized carbons (Fsp3) is 0.485. The van der Waals surface area contributed by atoms with Crippen LogP contribution in [0.15, 0.2) is 48.5 Å². The fourth-order valence-corrected chi connectivity index (χ4v) is 6.35. The van der Waals surface area contributed by atoms with E-state index in [4.69, 9.17) is 4.74 Å². The number of aliphatic hydroxyl groups excluding tert-OH is 1. The fourth-order valence-electron chi connectivity index (χ4n) is 6.35. The van der Waals surface area contributed by atoms with Gasteiger partial charge in [0, 0.05) is 38.2 Å². The maximum Gasteiger partial charge on any atom is 0.254 e. The molecule has 1 fully saturated rings. The van der Waals surface area contributed by atoms with Gasteiger partial charge in [0.05, 0.1) is 13.2 Å². The van der Waals surface area contributed by atoms with E-state index in [2.05, 4.69) is 66.1 Å². The van der Waals surface area contributed by atoms with Crippen molar-refractivity contribution in [2.75, 3.05) is 39.8 Å². The number of ether oxygens (including phenoxy) is 1. The number of β-amino-alcohol motifs (C(OH)–C–C–N with tert-alkyl or cyclic N) is 1. The summed E-state index contributed by atoms with van der Waals surface area (Å²) in [6.45, 7) is 8.44. The molecule has 2 aliphatic heterocycles. The number of methoxy groups -OCH3 is 1. The van der Waals surface area contributed by atoms with Crippen molar-refractivity contribution in [3.63, 3.8) is 0 Å². The number of hydrogen-bond donors (Lipinski definition) is 1. The number of carbonyl (C=O) groups excluding carboxylic acids is 1. The summed E-state index contributed by atoms with van der Waals surface area (Å²) in [6, 6.07) is 16.7. The molecule has 0 aliphatic carbocycles. The van der Waals surface area contributed by atoms with Gasteiger partial charge in [-0.05, 0) is 96.8 Å². The van der Waals surface area contributed by atoms with Crippen molar-refractivity contribution in [1.82, 2.24) is 9.80 Å². The first-order chi connectivity index (χ1) is 18.4. The number of aryl methyl sites for hydroxylation is 2. The lowest BCUT2D eigenvalue weighted by molar-refractivity contribution is 0.0634. The molecule has 0 aromatic heterocycles. The Labute approximate surface area is 227 Å². The van der Waals surface area contributed by atoms with Crippen molar-refractivity contribution in [3.8, 4) is 5.75 Å². The normalized spacial score (nSPS) is 19.6. The zero-order valence-electron chi connectivity index (χ0n) is 23.2. The second kappa shape index (κ2) is 11.9. The highest BCUT2D eigenvalue weighted by Crippen LogP contribution is 2.27. The quantitative estimate of drug-likeness (QED) is 0.449. The number of amides is 1. The standard InChI is InChI=1S/C33H42N2O3/c1-23-16-28-13-15-35(33(37)32(28)17-24(23)2)21-25-8-5-4-6-14-34(20-25)22-29(36)18-26-9-7-10-27-19-30(38-3)11-12-31(26)27/h7,9-12,16-17,19,25,29,36H,4-6,8,13-15,18,20-22H2,1-3H3. The molecule has 0 bridgehead atoms. The second-order valence-electron chi connectivity index (χ2n) is 11.4. The zero-order valence-corrected chi connectivity index (χ0v) is 23.2. The highest BCUT2D eigenvalue weighted by molar-refractivity contribution is 5.97. The van der Waals surface area contributed by atoms with Crippen LogP contribution in [0, 0.1) is 19.8 Å². The highest BCUT2D eigenvalue weighted by Gasteiger charge is 2.28. The molecule has 2 heterocycles. The molecule has 5 rings (SSSR count). The van der Waals surface area contributed by atoms with E-state index in [9.17, 15) is 9.90 Å². The van der Waals surface area contributed by atoms with E-state index in [1.165, 1.54) is 46.9 Å². The third kappa shape index (κ3) is 6.05. The van der Waals surface area contributed by atoms with Gasteiger partial charge in [-0.3, -0.25) is 4.79 Å². The van der Waals surface area contributed by atoms with Crippen molar-refractivity contribution < 1.29 is 14.6 Å². The molecule has 2 atom stereocenters. The minimum Gasteiger partial charge on any atom is -0.497 e. The van der Waals surface area contributed by atoms with Crippen LogP contribution in [-0.2, 0) is 12.8 Å². The van der Waals surface area contributed by atoms with Crippen LogP contribution in [0.25, 0.3) is 10.8 Å². The van der Waals surface area contributed by atoms with E-state index in [1.807, 2.05) is 6.07 Å². The van der Waals surface area contributed by atoms with E-state index in [-0.39, 0.29) is 5.91 Å². The summed E-state index contributed by atoms with van der Waals surface area (Å²) in [4.78, 5) is 17.9. The van der Waals surface area contributed by atoms with Crippen molar-refractivity contribution in [2.45, 2.75) is 58.5 Å². The van der Waals surface area contributed by atoms with Crippen LogP contribution in [0.5, 0.6) is 5.75 Å². The van der Waals surface area contributed by atoms with Gasteiger partial charge in [0.15, 0.2) is 0 Å². The summed E-state index contributed by atoms with van der Waals surface area (Å²) in [6.07, 6.45) is 5.88. The van der Waals surface area contributed by atoms with Crippen molar-refractivity contribution in [3.05, 3.63) is 76.3 Å². The van der Waals surface area contributed by atoms with Crippen LogP contribution in [0.2, 0.25) is 0 Å². The number of aliphatic hydroxyl groups is 1. The summed E-state index contributed by atoms with van der Waals surface area (Å²) in [7, 11) is 1.69. The van der Waals surface area contributed by atoms with E-state index < -0.39 is 6.10 Å². The van der Waals surface area contributed by atoms with Gasteiger partial charge >= 0.3 is 0 Å². The molecule has 1 amide bonds. The summed E-state index contributed by atoms with van der Waals surface area (Å²) in [5.74, 6) is 1.47. The molecule has 0 radical (unpaired) electrons. The molecule has 202 valence electrons. The number of carbonyl (C=O) groups is 1. The van der Waals surface area contributed by atoms with Crippen molar-refractivity contribution >= 4 is 16.7 Å². The maximum atomic E-state index is 13.4. The average Bonchev–Trinajstić information content (AvgIpc) is 2.89. The number of nitrogens with zero attached hydrogens (tertiary/aromatic N) is 2. The number of hydrogen-bond acceptors (Lipinski definition) is 4. The van der Waals surface area contributed by atoms with Crippen LogP contribution in [-0.4, -0.2) is 66.8 Å². The van der Waals surface area contributed by atoms with E-state index in [0.29, 0.717) is 18.9 Å². The average molecular weight is 515 g/mol. The van der Waals surface area contributed by atoms with Crippen LogP contribution in [0.4, 0.5) is 0 Å². The first-order valence-corrected chi connectivity index (χ1v) is 14.3. The van der Waals surface area contributed by atoms with E-state index in [0.717, 1.165) is 55.7 Å². The largest absolute Gasteiger partial charge is 0.497 e. The van der Waals surface area contributed by atoms with Gasteiger partial charge in [-0.1, -0.05) is 43.2 Å². The number of fused-ring (bicyclic) bond motifs is 2. The highest BCUT2D eigenvalue weighted by atomic mass is 16.5. The van der Waals surface area contributed by atoms with Gasteiger partial charge < -0.3 is 19.6 Å². The first kappa shape index (κ1) is 26.7. The van der Waals surface area contributed by atoms with E-state index >= 15 is 0 Å². The van der Waals surface area contributed by atoms with Crippen LogP contribution in [0.3, 0.4) is 0 Å². The Morgan fingerprint density at radius 2 is 1.87 bits per heavy atom. The molecule has 0 saturated carbocycles. The molecule has 2 aliphatic rings. The summed E-state index contributed by atoms with van der Waals surface area (Å²) < 4.78 is 5.38. The van der Waals surface area contributed by atoms with Gasteiger partial charge in [-0.15, -0.1) is 0 Å². The van der Waals surface area contributed by atoms with Gasteiger partial charge in [-0.25, -0.2) is 0 Å². The van der Waals surface area contributed by atoms with Gasteiger partial charge in [-0.2, -0.15) is 0 Å². The Hall–Kier alpha value is -2.89. The summed E-state index contributed by atoms with van der Waals surface area (Å²) in [5.41, 5.74) is 5.72. The maximum absolute atomic E-state index is 13.4. The topological polar surface area (TPSA) is 53.0 Å². The predicted molar refractivity (Wildman–Crippen MR) is 154 cm³/mol. The molecule has 2 unspecified atom stereocenters. The first-order valence-electron chi connectivity index (χ1n) is 14.3. The third-order valence-electron chi connectivity index (χ3n) is 8.57. The summed E-state index contributed by atoms with van der Waals surface area (Å²) in [5, 5.41) is 13.5. The number of rotatable bonds is 7. The molecular formula is C33H42N2O3. The second-order valence-corrected chi connectivity index (χ2v) is 11.4. The van der Waals surface area contributed by atoms with Gasteiger partial charge in [0.25, 0.3) is 5.91 Å². The Morgan fingerprint density at radius 3 is 2.71 bits per heavy atom. The predicted octanol–water partition coefficient (Wildman–Crippen LogP) is 5.56. The molecule has 38 heavy (non-hydrogen) atoms. The lowest BCUT2D eigenvalue weighted by Crippen LogP contribution is -2.45. The van der Waals surface area contributed by atoms with Crippen molar-refractivity contribution in [1.29, 1.82) is 0 Å². The minimum atomic E-state index is -0.433. The van der Waals surface area contributed by atoms with Crippen LogP contribution in [0.1, 0.15) is 58.3 Å². The van der Waals surface area contributed by atoms with Gasteiger partial charge in [0.1, 0.15) is 5.75 Å². The van der Waals surface area contributed by atoms with Crippen molar-refractivity contribution in [2.24, 2.45) is 5.92 Å². The summed E-state index contributed by atoms with van der Waals surface area (Å²) >= 11 is 0. The van der Waals surface area contributed by atoms with Gasteiger partial charge in [0.2, 0.25) is 0 Å². The molecule has 5 nitrogen and oxygen atoms in total. The smallest absolute Gasteiger partial charge is 0.254 e. The molecule has 0 spiro atoms. The van der Waals surface area contributed by atoms with Crippen LogP contribution >= 0.6 is 0 Å². The Kier molecular flexibility index (Phi) is 8.35. The lowest BCUT2D eigenvalue weighted by Gasteiger charge is -2.36. The molecule has 1 N–H and O–H groups in total. The monoisotopic (exact) mass is 514 g/mol. The molecule has 1 saturated heterocycles.